The van der Waals surface area contributed by atoms with Crippen LogP contribution < -0.4 is 4.74 Å². The van der Waals surface area contributed by atoms with Crippen molar-refractivity contribution in [2.24, 2.45) is 5.92 Å². The number of methoxy groups -OCH3 is 1. The van der Waals surface area contributed by atoms with Crippen molar-refractivity contribution >= 4 is 7.37 Å². The van der Waals surface area contributed by atoms with Crippen molar-refractivity contribution in [3.05, 3.63) is 42.5 Å². The molecule has 1 aromatic rings. The van der Waals surface area contributed by atoms with Crippen molar-refractivity contribution in [3.8, 4) is 5.75 Å². The monoisotopic (exact) mass is 252 g/mol. The van der Waals surface area contributed by atoms with Crippen molar-refractivity contribution in [2.45, 2.75) is 18.2 Å². The summed E-state index contributed by atoms with van der Waals surface area (Å²) < 4.78 is 17.2. The minimum Gasteiger partial charge on any atom is -0.497 e. The molecule has 0 amide bonds. The van der Waals surface area contributed by atoms with Crippen LogP contribution in [0.3, 0.4) is 0 Å². The van der Waals surface area contributed by atoms with Gasteiger partial charge >= 0.3 is 0 Å². The predicted molar refractivity (Wildman–Crippen MR) is 68.6 cm³/mol. The molecule has 1 aliphatic carbocycles. The summed E-state index contributed by atoms with van der Waals surface area (Å²) in [4.78, 5) is 10.0. The quantitative estimate of drug-likeness (QED) is 0.647. The number of ether oxygens (including phenoxy) is 1. The third-order valence-electron chi connectivity index (χ3n) is 3.19. The van der Waals surface area contributed by atoms with Gasteiger partial charge in [-0.2, -0.15) is 0 Å². The maximum absolute atomic E-state index is 12.1. The molecular weight excluding hydrogens is 235 g/mol. The molecule has 1 unspecified atom stereocenters. The summed E-state index contributed by atoms with van der Waals surface area (Å²) in [6.45, 7) is 3.67. The van der Waals surface area contributed by atoms with E-state index in [4.69, 9.17) is 4.74 Å². The lowest BCUT2D eigenvalue weighted by Gasteiger charge is -2.11. The van der Waals surface area contributed by atoms with Crippen molar-refractivity contribution in [1.29, 1.82) is 0 Å². The minimum absolute atomic E-state index is 0.0814. The molecule has 2 rings (SSSR count). The van der Waals surface area contributed by atoms with Gasteiger partial charge in [0.15, 0.2) is 0 Å². The Morgan fingerprint density at radius 3 is 2.65 bits per heavy atom. The Balaban J connectivity index is 2.04. The average Bonchev–Trinajstić information content (AvgIpc) is 3.09. The number of rotatable bonds is 5. The maximum Gasteiger partial charge on any atom is 0.208 e. The number of hydrogen-bond donors (Lipinski definition) is 1. The molecule has 0 spiro atoms. The van der Waals surface area contributed by atoms with E-state index in [1.54, 1.807) is 13.2 Å². The molecule has 0 aromatic heterocycles. The van der Waals surface area contributed by atoms with Gasteiger partial charge in [0.05, 0.1) is 7.11 Å². The van der Waals surface area contributed by atoms with Crippen LogP contribution in [0, 0.1) is 5.92 Å². The topological polar surface area (TPSA) is 46.5 Å². The normalized spacial score (nSPS) is 26.0. The number of hydrogen-bond acceptors (Lipinski definition) is 2. The molecule has 1 aromatic carbocycles. The molecule has 92 valence electrons. The van der Waals surface area contributed by atoms with Crippen LogP contribution in [0.2, 0.25) is 0 Å². The van der Waals surface area contributed by atoms with Crippen molar-refractivity contribution in [3.63, 3.8) is 0 Å². The lowest BCUT2D eigenvalue weighted by Crippen LogP contribution is -1.95. The van der Waals surface area contributed by atoms with Gasteiger partial charge in [0.1, 0.15) is 5.75 Å². The Labute approximate surface area is 102 Å². The van der Waals surface area contributed by atoms with Gasteiger partial charge < -0.3 is 9.63 Å². The van der Waals surface area contributed by atoms with Gasteiger partial charge in [0.2, 0.25) is 7.37 Å². The van der Waals surface area contributed by atoms with Crippen LogP contribution >= 0.6 is 7.37 Å². The second-order valence-corrected chi connectivity index (χ2v) is 6.96. The van der Waals surface area contributed by atoms with Gasteiger partial charge in [-0.05, 0) is 30.0 Å². The molecule has 3 nitrogen and oxygen atoms in total. The van der Waals surface area contributed by atoms with E-state index in [9.17, 15) is 9.46 Å². The van der Waals surface area contributed by atoms with E-state index in [1.165, 1.54) is 0 Å². The Morgan fingerprint density at radius 1 is 1.53 bits per heavy atom. The highest BCUT2D eigenvalue weighted by molar-refractivity contribution is 7.58. The molecule has 0 aliphatic heterocycles. The first-order valence-corrected chi connectivity index (χ1v) is 7.55. The molecule has 17 heavy (non-hydrogen) atoms. The van der Waals surface area contributed by atoms with Gasteiger partial charge in [0.25, 0.3) is 0 Å². The Kier molecular flexibility index (Phi) is 3.41. The smallest absolute Gasteiger partial charge is 0.208 e. The van der Waals surface area contributed by atoms with E-state index in [1.807, 2.05) is 24.3 Å². The van der Waals surface area contributed by atoms with Crippen molar-refractivity contribution in [2.75, 3.05) is 7.11 Å². The molecule has 1 saturated carbocycles. The highest BCUT2D eigenvalue weighted by Crippen LogP contribution is 2.63. The molecule has 4 heteroatoms. The second kappa shape index (κ2) is 4.67. The summed E-state index contributed by atoms with van der Waals surface area (Å²) in [6.07, 6.45) is 2.82. The Hall–Kier alpha value is -1.05. The molecule has 3 atom stereocenters. The second-order valence-electron chi connectivity index (χ2n) is 4.46. The Bertz CT molecular complexity index is 452. The SMILES string of the molecule is C=C[C@@H]1C[C@@H]1P(=O)(O)Cc1ccc(OC)cc1. The zero-order valence-corrected chi connectivity index (χ0v) is 10.8. The molecule has 1 aliphatic rings. The highest BCUT2D eigenvalue weighted by atomic mass is 31.2. The van der Waals surface area contributed by atoms with Crippen LogP contribution in [0.15, 0.2) is 36.9 Å². The molecule has 1 N–H and O–H groups in total. The van der Waals surface area contributed by atoms with E-state index in [0.717, 1.165) is 17.7 Å². The third-order valence-corrected chi connectivity index (χ3v) is 5.64. The zero-order chi connectivity index (χ0) is 12.5. The number of allylic oxidation sites excluding steroid dienone is 1. The van der Waals surface area contributed by atoms with Crippen LogP contribution in [-0.2, 0) is 10.7 Å². The first kappa shape index (κ1) is 12.4. The fraction of sp³-hybridized carbons (Fsp3) is 0.385. The standard InChI is InChI=1S/C13H17O3P/c1-3-11-8-13(11)17(14,15)9-10-4-6-12(16-2)7-5-10/h3-7,11,13H,1,8-9H2,2H3,(H,14,15)/t11-,13+/m1/s1. The minimum atomic E-state index is -3.08. The fourth-order valence-electron chi connectivity index (χ4n) is 2.03. The van der Waals surface area contributed by atoms with Crippen molar-refractivity contribution < 1.29 is 14.2 Å². The van der Waals surface area contributed by atoms with Crippen molar-refractivity contribution in [1.82, 2.24) is 0 Å². The third kappa shape index (κ3) is 2.80. The summed E-state index contributed by atoms with van der Waals surface area (Å²) in [5.74, 6) is 0.987. The van der Waals surface area contributed by atoms with Gasteiger partial charge in [0, 0.05) is 11.8 Å². The summed E-state index contributed by atoms with van der Waals surface area (Å²) in [6, 6.07) is 7.31. The van der Waals surface area contributed by atoms with E-state index in [2.05, 4.69) is 6.58 Å². The van der Waals surface area contributed by atoms with E-state index in [0.29, 0.717) is 0 Å². The largest absolute Gasteiger partial charge is 0.497 e. The molecule has 0 bridgehead atoms. The first-order chi connectivity index (χ1) is 8.06. The lowest BCUT2D eigenvalue weighted by molar-refractivity contribution is 0.414. The summed E-state index contributed by atoms with van der Waals surface area (Å²) in [5.41, 5.74) is 0.799. The van der Waals surface area contributed by atoms with E-state index >= 15 is 0 Å². The molecule has 0 saturated heterocycles. The van der Waals surface area contributed by atoms with Gasteiger partial charge in [-0.1, -0.05) is 18.2 Å². The van der Waals surface area contributed by atoms with Crippen LogP contribution in [0.1, 0.15) is 12.0 Å². The zero-order valence-electron chi connectivity index (χ0n) is 9.87. The molecule has 0 radical (unpaired) electrons. The fourth-order valence-corrected chi connectivity index (χ4v) is 4.29. The lowest BCUT2D eigenvalue weighted by atomic mass is 10.2. The first-order valence-electron chi connectivity index (χ1n) is 5.64. The van der Waals surface area contributed by atoms with Gasteiger partial charge in [-0.25, -0.2) is 0 Å². The van der Waals surface area contributed by atoms with Crippen LogP contribution in [0.4, 0.5) is 0 Å². The Morgan fingerprint density at radius 2 is 2.18 bits per heavy atom. The summed E-state index contributed by atoms with van der Waals surface area (Å²) in [7, 11) is -1.48. The molecule has 0 heterocycles. The van der Waals surface area contributed by atoms with Gasteiger partial charge in [-0.15, -0.1) is 6.58 Å². The summed E-state index contributed by atoms with van der Waals surface area (Å²) in [5, 5.41) is 0. The van der Waals surface area contributed by atoms with E-state index in [-0.39, 0.29) is 17.7 Å². The maximum atomic E-state index is 12.1. The van der Waals surface area contributed by atoms with Gasteiger partial charge in [-0.3, -0.25) is 4.57 Å². The van der Waals surface area contributed by atoms with E-state index < -0.39 is 7.37 Å². The van der Waals surface area contributed by atoms with Crippen LogP contribution in [0.25, 0.3) is 0 Å². The molecular formula is C13H17O3P. The highest BCUT2D eigenvalue weighted by Gasteiger charge is 2.47. The predicted octanol–water partition coefficient (Wildman–Crippen LogP) is 3.04. The number of benzene rings is 1. The average molecular weight is 252 g/mol. The van der Waals surface area contributed by atoms with Crippen LogP contribution in [0.5, 0.6) is 5.75 Å². The summed E-state index contributed by atoms with van der Waals surface area (Å²) >= 11 is 0. The van der Waals surface area contributed by atoms with Crippen LogP contribution in [-0.4, -0.2) is 17.7 Å². The molecule has 1 fully saturated rings.